The molecule has 0 atom stereocenters. The number of aromatic nitrogens is 1. The first-order valence-corrected chi connectivity index (χ1v) is 12.4. The molecule has 2 amide bonds. The predicted octanol–water partition coefficient (Wildman–Crippen LogP) is 2.70. The molecule has 0 bridgehead atoms. The van der Waals surface area contributed by atoms with Crippen LogP contribution in [0.5, 0.6) is 5.75 Å². The van der Waals surface area contributed by atoms with Crippen molar-refractivity contribution in [3.63, 3.8) is 0 Å². The van der Waals surface area contributed by atoms with E-state index >= 15 is 0 Å². The van der Waals surface area contributed by atoms with E-state index < -0.39 is 21.8 Å². The highest BCUT2D eigenvalue weighted by molar-refractivity contribution is 7.99. The van der Waals surface area contributed by atoms with E-state index in [-0.39, 0.29) is 16.2 Å². The van der Waals surface area contributed by atoms with Crippen molar-refractivity contribution in [1.29, 1.82) is 0 Å². The normalized spacial score (nSPS) is 15.1. The second kappa shape index (κ2) is 10.7. The lowest BCUT2D eigenvalue weighted by Gasteiger charge is -2.19. The molecular formula is C21H25N3O5S2. The van der Waals surface area contributed by atoms with Gasteiger partial charge in [-0.15, -0.1) is 0 Å². The zero-order valence-corrected chi connectivity index (χ0v) is 18.9. The Kier molecular flexibility index (Phi) is 8.05. The van der Waals surface area contributed by atoms with Crippen LogP contribution >= 0.6 is 11.8 Å². The molecule has 166 valence electrons. The molecule has 1 aromatic carbocycles. The minimum absolute atomic E-state index is 0.0356. The Bertz CT molecular complexity index is 1020. The summed E-state index contributed by atoms with van der Waals surface area (Å²) in [6.45, 7) is 1.05. The van der Waals surface area contributed by atoms with Gasteiger partial charge in [-0.05, 0) is 37.1 Å². The van der Waals surface area contributed by atoms with Crippen molar-refractivity contribution < 1.29 is 22.7 Å². The van der Waals surface area contributed by atoms with Gasteiger partial charge in [-0.25, -0.2) is 13.4 Å². The van der Waals surface area contributed by atoms with Crippen LogP contribution in [0.4, 0.5) is 0 Å². The molecule has 0 aliphatic carbocycles. The van der Waals surface area contributed by atoms with Gasteiger partial charge >= 0.3 is 0 Å². The fourth-order valence-electron chi connectivity index (χ4n) is 3.24. The van der Waals surface area contributed by atoms with E-state index in [1.54, 1.807) is 30.3 Å². The maximum Gasteiger partial charge on any atom is 0.261 e. The highest BCUT2D eigenvalue weighted by Gasteiger charge is 2.25. The third kappa shape index (κ3) is 6.05. The molecule has 1 saturated heterocycles. The minimum Gasteiger partial charge on any atom is -0.496 e. The Morgan fingerprint density at radius 1 is 1.10 bits per heavy atom. The monoisotopic (exact) mass is 463 g/mol. The number of methoxy groups -OCH3 is 1. The summed E-state index contributed by atoms with van der Waals surface area (Å²) < 4.78 is 32.2. The summed E-state index contributed by atoms with van der Waals surface area (Å²) in [6.07, 6.45) is 5.13. The average molecular weight is 464 g/mol. The van der Waals surface area contributed by atoms with Crippen LogP contribution in [0.1, 0.15) is 36.0 Å². The number of thioether (sulfide) groups is 1. The summed E-state index contributed by atoms with van der Waals surface area (Å²) in [5.74, 6) is -0.686. The van der Waals surface area contributed by atoms with Gasteiger partial charge in [-0.1, -0.05) is 36.7 Å². The van der Waals surface area contributed by atoms with E-state index in [9.17, 15) is 18.0 Å². The van der Waals surface area contributed by atoms with Crippen molar-refractivity contribution in [2.75, 3.05) is 26.0 Å². The molecule has 0 radical (unpaired) electrons. The van der Waals surface area contributed by atoms with Crippen molar-refractivity contribution in [2.45, 2.75) is 35.6 Å². The topological polar surface area (TPSA) is 106 Å². The van der Waals surface area contributed by atoms with Crippen LogP contribution in [-0.2, 0) is 14.8 Å². The third-order valence-electron chi connectivity index (χ3n) is 4.87. The average Bonchev–Trinajstić information content (AvgIpc) is 3.08. The summed E-state index contributed by atoms with van der Waals surface area (Å²) in [5, 5.41) is 2.81. The van der Waals surface area contributed by atoms with Crippen molar-refractivity contribution in [3.8, 4) is 5.75 Å². The quantitative estimate of drug-likeness (QED) is 0.629. The molecule has 1 aliphatic heterocycles. The van der Waals surface area contributed by atoms with Gasteiger partial charge in [0.25, 0.3) is 5.91 Å². The Morgan fingerprint density at radius 3 is 2.45 bits per heavy atom. The van der Waals surface area contributed by atoms with E-state index in [1.807, 2.05) is 0 Å². The van der Waals surface area contributed by atoms with Crippen LogP contribution < -0.4 is 10.1 Å². The van der Waals surface area contributed by atoms with Gasteiger partial charge in [-0.3, -0.25) is 14.9 Å². The van der Waals surface area contributed by atoms with Crippen LogP contribution in [0, 0.1) is 0 Å². The Morgan fingerprint density at radius 2 is 1.81 bits per heavy atom. The highest BCUT2D eigenvalue weighted by Crippen LogP contribution is 2.22. The number of nitrogens with one attached hydrogen (secondary N) is 1. The number of nitrogens with zero attached hydrogens (tertiary/aromatic N) is 2. The number of pyridine rings is 1. The number of hydrogen-bond donors (Lipinski definition) is 1. The molecule has 3 rings (SSSR count). The summed E-state index contributed by atoms with van der Waals surface area (Å²) >= 11 is 1.12. The van der Waals surface area contributed by atoms with E-state index in [4.69, 9.17) is 4.74 Å². The van der Waals surface area contributed by atoms with Crippen LogP contribution in [0.25, 0.3) is 0 Å². The second-order valence-corrected chi connectivity index (χ2v) is 9.95. The molecule has 1 aromatic heterocycles. The smallest absolute Gasteiger partial charge is 0.261 e. The first-order valence-electron chi connectivity index (χ1n) is 9.98. The number of ether oxygens (including phenoxy) is 1. The Labute approximate surface area is 186 Å². The molecule has 1 aliphatic rings. The van der Waals surface area contributed by atoms with Gasteiger partial charge in [-0.2, -0.15) is 4.31 Å². The molecule has 2 heterocycles. The first kappa shape index (κ1) is 23.2. The van der Waals surface area contributed by atoms with E-state index in [1.165, 1.54) is 23.7 Å². The maximum absolute atomic E-state index is 12.8. The van der Waals surface area contributed by atoms with Crippen molar-refractivity contribution in [3.05, 3.63) is 48.2 Å². The molecule has 1 N–H and O–H groups in total. The van der Waals surface area contributed by atoms with E-state index in [0.29, 0.717) is 23.9 Å². The fraction of sp³-hybridized carbons (Fsp3) is 0.381. The predicted molar refractivity (Wildman–Crippen MR) is 118 cm³/mol. The number of rotatable bonds is 7. The maximum atomic E-state index is 12.8. The molecule has 0 saturated carbocycles. The standard InChI is InChI=1S/C21H25N3O5S2/c1-29-18-9-5-4-8-17(18)21(26)23-19(25)15-30-20-11-10-16(14-22-20)31(27,28)24-12-6-2-3-7-13-24/h4-5,8-11,14H,2-3,6-7,12-13,15H2,1H3,(H,23,25,26). The van der Waals surface area contributed by atoms with Gasteiger partial charge in [0.1, 0.15) is 10.6 Å². The summed E-state index contributed by atoms with van der Waals surface area (Å²) in [7, 11) is -2.11. The third-order valence-corrected chi connectivity index (χ3v) is 7.69. The molecule has 2 aromatic rings. The van der Waals surface area contributed by atoms with Gasteiger partial charge in [0.2, 0.25) is 15.9 Å². The van der Waals surface area contributed by atoms with Crippen LogP contribution in [0.3, 0.4) is 0 Å². The fourth-order valence-corrected chi connectivity index (χ4v) is 5.34. The molecule has 10 heteroatoms. The van der Waals surface area contributed by atoms with Crippen molar-refractivity contribution in [1.82, 2.24) is 14.6 Å². The number of carbonyl (C=O) groups excluding carboxylic acids is 2. The summed E-state index contributed by atoms with van der Waals surface area (Å²) in [6, 6.07) is 9.70. The molecule has 0 unspecified atom stereocenters. The Hall–Kier alpha value is -2.43. The zero-order chi connectivity index (χ0) is 22.3. The molecule has 0 spiro atoms. The van der Waals surface area contributed by atoms with Crippen LogP contribution in [-0.4, -0.2) is 55.5 Å². The van der Waals surface area contributed by atoms with Crippen molar-refractivity contribution in [2.24, 2.45) is 0 Å². The lowest BCUT2D eigenvalue weighted by Crippen LogP contribution is -2.32. The lowest BCUT2D eigenvalue weighted by molar-refractivity contribution is -0.117. The SMILES string of the molecule is COc1ccccc1C(=O)NC(=O)CSc1ccc(S(=O)(=O)N2CCCCCC2)cn1. The van der Waals surface area contributed by atoms with Crippen molar-refractivity contribution >= 4 is 33.6 Å². The number of hydrogen-bond acceptors (Lipinski definition) is 7. The number of imide groups is 1. The van der Waals surface area contributed by atoms with Crippen LogP contribution in [0.2, 0.25) is 0 Å². The number of carbonyl (C=O) groups is 2. The van der Waals surface area contributed by atoms with Gasteiger partial charge < -0.3 is 4.74 Å². The largest absolute Gasteiger partial charge is 0.496 e. The molecule has 1 fully saturated rings. The highest BCUT2D eigenvalue weighted by atomic mass is 32.2. The zero-order valence-electron chi connectivity index (χ0n) is 17.2. The number of sulfonamides is 1. The first-order chi connectivity index (χ1) is 14.9. The number of para-hydroxylation sites is 1. The molecular weight excluding hydrogens is 438 g/mol. The lowest BCUT2D eigenvalue weighted by atomic mass is 10.2. The molecule has 8 nitrogen and oxygen atoms in total. The number of amides is 2. The van der Waals surface area contributed by atoms with Gasteiger partial charge in [0, 0.05) is 19.3 Å². The summed E-state index contributed by atoms with van der Waals surface area (Å²) in [4.78, 5) is 28.7. The van der Waals surface area contributed by atoms with Gasteiger partial charge in [0.05, 0.1) is 23.5 Å². The van der Waals surface area contributed by atoms with E-state index in [2.05, 4.69) is 10.3 Å². The Balaban J connectivity index is 1.56. The van der Waals surface area contributed by atoms with Crippen LogP contribution in [0.15, 0.2) is 52.5 Å². The number of benzene rings is 1. The molecule has 31 heavy (non-hydrogen) atoms. The van der Waals surface area contributed by atoms with Gasteiger partial charge in [0.15, 0.2) is 0 Å². The second-order valence-electron chi connectivity index (χ2n) is 7.02. The minimum atomic E-state index is -3.56. The van der Waals surface area contributed by atoms with E-state index in [0.717, 1.165) is 37.4 Å². The summed E-state index contributed by atoms with van der Waals surface area (Å²) in [5.41, 5.74) is 0.268.